The van der Waals surface area contributed by atoms with Crippen LogP contribution < -0.4 is 0 Å². The van der Waals surface area contributed by atoms with E-state index in [9.17, 15) is 4.79 Å². The molecule has 0 amide bonds. The van der Waals surface area contributed by atoms with Crippen LogP contribution in [0.2, 0.25) is 0 Å². The predicted molar refractivity (Wildman–Crippen MR) is 77.4 cm³/mol. The summed E-state index contributed by atoms with van der Waals surface area (Å²) in [6.07, 6.45) is 0.627. The first kappa shape index (κ1) is 12.2. The van der Waals surface area contributed by atoms with Gasteiger partial charge in [-0.05, 0) is 17.0 Å². The molecule has 0 heterocycles. The largest absolute Gasteiger partial charge is 0.294 e. The molecular weight excluding hydrogens is 232 g/mol. The van der Waals surface area contributed by atoms with E-state index in [1.54, 1.807) is 0 Å². The van der Waals surface area contributed by atoms with Crippen LogP contribution in [0, 0.1) is 5.92 Å². The number of carbonyl (C=O) groups is 1. The van der Waals surface area contributed by atoms with E-state index < -0.39 is 0 Å². The van der Waals surface area contributed by atoms with E-state index in [0.717, 1.165) is 5.56 Å². The fraction of sp³-hybridized carbons (Fsp3) is 0.278. The molecule has 0 radical (unpaired) electrons. The maximum absolute atomic E-state index is 12.2. The highest BCUT2D eigenvalue weighted by Crippen LogP contribution is 2.45. The van der Waals surface area contributed by atoms with Gasteiger partial charge in [-0.1, -0.05) is 68.4 Å². The molecule has 1 aliphatic carbocycles. The lowest BCUT2D eigenvalue weighted by atomic mass is 9.61. The summed E-state index contributed by atoms with van der Waals surface area (Å²) in [6.45, 7) is 4.44. The lowest BCUT2D eigenvalue weighted by Crippen LogP contribution is -2.38. The van der Waals surface area contributed by atoms with Crippen molar-refractivity contribution in [1.29, 1.82) is 0 Å². The number of carbonyl (C=O) groups excluding carboxylic acids is 1. The Bertz CT molecular complexity index is 615. The van der Waals surface area contributed by atoms with E-state index in [1.807, 2.05) is 24.3 Å². The van der Waals surface area contributed by atoms with Crippen molar-refractivity contribution in [3.8, 4) is 0 Å². The van der Waals surface area contributed by atoms with E-state index in [1.165, 1.54) is 11.1 Å². The normalized spacial score (nSPS) is 26.0. The molecule has 0 fully saturated rings. The van der Waals surface area contributed by atoms with Gasteiger partial charge in [0, 0.05) is 17.4 Å². The standard InChI is InChI=1S/C18H18O/c1-13-12-17(19)15-10-6-7-11-16(15)18(13,2)14-8-4-3-5-9-14/h3-11,13H,12H2,1-2H3/t13-,18-/m1/s1. The van der Waals surface area contributed by atoms with E-state index in [0.29, 0.717) is 12.3 Å². The van der Waals surface area contributed by atoms with Crippen LogP contribution >= 0.6 is 0 Å². The first-order valence-corrected chi connectivity index (χ1v) is 6.82. The third-order valence-electron chi connectivity index (χ3n) is 4.64. The Kier molecular flexibility index (Phi) is 2.78. The summed E-state index contributed by atoms with van der Waals surface area (Å²) >= 11 is 0. The molecule has 1 nitrogen and oxygen atoms in total. The van der Waals surface area contributed by atoms with Gasteiger partial charge < -0.3 is 0 Å². The van der Waals surface area contributed by atoms with Gasteiger partial charge in [0.15, 0.2) is 5.78 Å². The second kappa shape index (κ2) is 4.34. The van der Waals surface area contributed by atoms with E-state index in [4.69, 9.17) is 0 Å². The molecule has 0 spiro atoms. The zero-order chi connectivity index (χ0) is 13.5. The van der Waals surface area contributed by atoms with Crippen LogP contribution in [0.15, 0.2) is 54.6 Å². The Morgan fingerprint density at radius 2 is 1.63 bits per heavy atom. The van der Waals surface area contributed by atoms with E-state index in [-0.39, 0.29) is 11.2 Å². The predicted octanol–water partition coefficient (Wildman–Crippen LogP) is 4.22. The van der Waals surface area contributed by atoms with Gasteiger partial charge >= 0.3 is 0 Å². The quantitative estimate of drug-likeness (QED) is 0.740. The molecule has 0 aromatic heterocycles. The molecule has 0 aliphatic heterocycles. The summed E-state index contributed by atoms with van der Waals surface area (Å²) in [4.78, 5) is 12.2. The maximum atomic E-state index is 12.2. The fourth-order valence-electron chi connectivity index (χ4n) is 3.26. The molecular formula is C18H18O. The Labute approximate surface area is 114 Å². The van der Waals surface area contributed by atoms with Gasteiger partial charge in [0.2, 0.25) is 0 Å². The molecule has 0 bridgehead atoms. The highest BCUT2D eigenvalue weighted by Gasteiger charge is 2.41. The third kappa shape index (κ3) is 1.73. The highest BCUT2D eigenvalue weighted by atomic mass is 16.1. The van der Waals surface area contributed by atoms with Crippen LogP contribution in [0.4, 0.5) is 0 Å². The summed E-state index contributed by atoms with van der Waals surface area (Å²) < 4.78 is 0. The molecule has 2 aromatic rings. The first-order chi connectivity index (χ1) is 9.14. The number of rotatable bonds is 1. The van der Waals surface area contributed by atoms with Gasteiger partial charge in [0.05, 0.1) is 0 Å². The molecule has 0 saturated heterocycles. The Hall–Kier alpha value is -1.89. The van der Waals surface area contributed by atoms with Crippen molar-refractivity contribution in [3.63, 3.8) is 0 Å². The average molecular weight is 250 g/mol. The van der Waals surface area contributed by atoms with Gasteiger partial charge in [-0.25, -0.2) is 0 Å². The zero-order valence-corrected chi connectivity index (χ0v) is 11.4. The van der Waals surface area contributed by atoms with Crippen LogP contribution in [-0.4, -0.2) is 5.78 Å². The van der Waals surface area contributed by atoms with Crippen LogP contribution in [0.3, 0.4) is 0 Å². The molecule has 2 atom stereocenters. The molecule has 1 aliphatic rings. The van der Waals surface area contributed by atoms with Crippen LogP contribution in [0.1, 0.15) is 41.8 Å². The monoisotopic (exact) mass is 250 g/mol. The number of ketones is 1. The van der Waals surface area contributed by atoms with Crippen LogP contribution in [-0.2, 0) is 5.41 Å². The molecule has 0 N–H and O–H groups in total. The number of fused-ring (bicyclic) bond motifs is 1. The van der Waals surface area contributed by atoms with Crippen molar-refractivity contribution in [2.75, 3.05) is 0 Å². The topological polar surface area (TPSA) is 17.1 Å². The first-order valence-electron chi connectivity index (χ1n) is 6.82. The number of benzene rings is 2. The molecule has 0 saturated carbocycles. The summed E-state index contributed by atoms with van der Waals surface area (Å²) in [5.74, 6) is 0.591. The summed E-state index contributed by atoms with van der Waals surface area (Å²) in [7, 11) is 0. The van der Waals surface area contributed by atoms with Gasteiger partial charge in [0.25, 0.3) is 0 Å². The van der Waals surface area contributed by atoms with Gasteiger partial charge in [-0.2, -0.15) is 0 Å². The molecule has 1 heteroatoms. The van der Waals surface area contributed by atoms with Crippen molar-refractivity contribution in [2.45, 2.75) is 25.7 Å². The smallest absolute Gasteiger partial charge is 0.163 e. The summed E-state index contributed by atoms with van der Waals surface area (Å²) in [5, 5.41) is 0. The van der Waals surface area contributed by atoms with Gasteiger partial charge in [0.1, 0.15) is 0 Å². The summed E-state index contributed by atoms with van der Waals surface area (Å²) in [6, 6.07) is 18.6. The maximum Gasteiger partial charge on any atom is 0.163 e. The van der Waals surface area contributed by atoms with Crippen LogP contribution in [0.25, 0.3) is 0 Å². The minimum atomic E-state index is -0.0776. The molecule has 2 aromatic carbocycles. The summed E-state index contributed by atoms with van der Waals surface area (Å²) in [5.41, 5.74) is 3.28. The van der Waals surface area contributed by atoms with Gasteiger partial charge in [-0.3, -0.25) is 4.79 Å². The number of Topliss-reactive ketones (excluding diaryl/α,β-unsaturated/α-hetero) is 1. The van der Waals surface area contributed by atoms with Crippen molar-refractivity contribution >= 4 is 5.78 Å². The molecule has 3 rings (SSSR count). The Balaban J connectivity index is 2.26. The minimum Gasteiger partial charge on any atom is -0.294 e. The second-order valence-corrected chi connectivity index (χ2v) is 5.64. The second-order valence-electron chi connectivity index (χ2n) is 5.64. The molecule has 0 unspecified atom stereocenters. The average Bonchev–Trinajstić information content (AvgIpc) is 2.46. The number of hydrogen-bond acceptors (Lipinski definition) is 1. The Morgan fingerprint density at radius 1 is 1.00 bits per heavy atom. The Morgan fingerprint density at radius 3 is 2.37 bits per heavy atom. The minimum absolute atomic E-state index is 0.0776. The van der Waals surface area contributed by atoms with Gasteiger partial charge in [-0.15, -0.1) is 0 Å². The number of hydrogen-bond donors (Lipinski definition) is 0. The molecule has 19 heavy (non-hydrogen) atoms. The van der Waals surface area contributed by atoms with Crippen molar-refractivity contribution < 1.29 is 4.79 Å². The SMILES string of the molecule is C[C@@H]1CC(=O)c2ccccc2[C@@]1(C)c1ccccc1. The zero-order valence-electron chi connectivity index (χ0n) is 11.4. The van der Waals surface area contributed by atoms with E-state index >= 15 is 0 Å². The van der Waals surface area contributed by atoms with E-state index in [2.05, 4.69) is 44.2 Å². The van der Waals surface area contributed by atoms with Crippen molar-refractivity contribution in [3.05, 3.63) is 71.3 Å². The lowest BCUT2D eigenvalue weighted by Gasteiger charge is -2.41. The highest BCUT2D eigenvalue weighted by molar-refractivity contribution is 5.99. The van der Waals surface area contributed by atoms with Crippen LogP contribution in [0.5, 0.6) is 0 Å². The van der Waals surface area contributed by atoms with Crippen molar-refractivity contribution in [2.24, 2.45) is 5.92 Å². The van der Waals surface area contributed by atoms with Crippen molar-refractivity contribution in [1.82, 2.24) is 0 Å². The fourth-order valence-corrected chi connectivity index (χ4v) is 3.26. The lowest BCUT2D eigenvalue weighted by molar-refractivity contribution is 0.0927. The third-order valence-corrected chi connectivity index (χ3v) is 4.64. The molecule has 96 valence electrons.